The second-order valence-electron chi connectivity index (χ2n) is 6.49. The van der Waals surface area contributed by atoms with Crippen LogP contribution in [0, 0.1) is 10.1 Å². The van der Waals surface area contributed by atoms with E-state index >= 15 is 0 Å². The fourth-order valence-electron chi connectivity index (χ4n) is 3.35. The van der Waals surface area contributed by atoms with Crippen LogP contribution >= 0.6 is 0 Å². The Morgan fingerprint density at radius 2 is 1.74 bits per heavy atom. The van der Waals surface area contributed by atoms with E-state index in [0.717, 1.165) is 42.6 Å². The number of hydrogen-bond donors (Lipinski definition) is 1. The SMILES string of the molecule is O=C(Nc1c2c(nn1-c1ccccc1)CCCC2)c1ccc([N+](=O)[O-])cc1. The maximum atomic E-state index is 12.7. The van der Waals surface area contributed by atoms with E-state index < -0.39 is 4.92 Å². The molecule has 0 unspecified atom stereocenters. The van der Waals surface area contributed by atoms with Crippen LogP contribution in [0.2, 0.25) is 0 Å². The Morgan fingerprint density at radius 1 is 1.04 bits per heavy atom. The van der Waals surface area contributed by atoms with Gasteiger partial charge < -0.3 is 5.32 Å². The third-order valence-corrected chi connectivity index (χ3v) is 4.73. The number of fused-ring (bicyclic) bond motifs is 1. The number of amides is 1. The molecule has 3 aromatic rings. The molecule has 7 heteroatoms. The highest BCUT2D eigenvalue weighted by Crippen LogP contribution is 2.30. The Bertz CT molecular complexity index is 994. The molecule has 1 heterocycles. The highest BCUT2D eigenvalue weighted by atomic mass is 16.6. The van der Waals surface area contributed by atoms with Crippen molar-refractivity contribution in [1.29, 1.82) is 0 Å². The van der Waals surface area contributed by atoms with Crippen LogP contribution in [0.3, 0.4) is 0 Å². The summed E-state index contributed by atoms with van der Waals surface area (Å²) in [4.78, 5) is 23.1. The Balaban J connectivity index is 1.69. The number of aromatic nitrogens is 2. The molecule has 136 valence electrons. The van der Waals surface area contributed by atoms with Crippen molar-refractivity contribution in [3.05, 3.63) is 81.5 Å². The van der Waals surface area contributed by atoms with Crippen LogP contribution < -0.4 is 5.32 Å². The minimum absolute atomic E-state index is 0.0433. The van der Waals surface area contributed by atoms with Gasteiger partial charge in [0.1, 0.15) is 5.82 Å². The van der Waals surface area contributed by atoms with Gasteiger partial charge in [-0.05, 0) is 49.9 Å². The van der Waals surface area contributed by atoms with E-state index in [9.17, 15) is 14.9 Å². The quantitative estimate of drug-likeness (QED) is 0.563. The van der Waals surface area contributed by atoms with Gasteiger partial charge in [-0.15, -0.1) is 0 Å². The van der Waals surface area contributed by atoms with Gasteiger partial charge in [0.05, 0.1) is 16.3 Å². The normalized spacial score (nSPS) is 13.0. The highest BCUT2D eigenvalue weighted by Gasteiger charge is 2.23. The number of nitrogens with one attached hydrogen (secondary N) is 1. The summed E-state index contributed by atoms with van der Waals surface area (Å²) in [5.41, 5.74) is 3.29. The Kier molecular flexibility index (Phi) is 4.42. The van der Waals surface area contributed by atoms with Gasteiger partial charge in [0.25, 0.3) is 11.6 Å². The maximum absolute atomic E-state index is 12.7. The number of rotatable bonds is 4. The number of aryl methyl sites for hydroxylation is 1. The first kappa shape index (κ1) is 17.0. The van der Waals surface area contributed by atoms with E-state index in [2.05, 4.69) is 5.32 Å². The zero-order valence-corrected chi connectivity index (χ0v) is 14.6. The molecule has 1 aromatic heterocycles. The van der Waals surface area contributed by atoms with Gasteiger partial charge in [-0.3, -0.25) is 14.9 Å². The average Bonchev–Trinajstić information content (AvgIpc) is 3.07. The summed E-state index contributed by atoms with van der Waals surface area (Å²) in [5, 5.41) is 18.5. The third-order valence-electron chi connectivity index (χ3n) is 4.73. The van der Waals surface area contributed by atoms with Crippen molar-refractivity contribution in [1.82, 2.24) is 9.78 Å². The summed E-state index contributed by atoms with van der Waals surface area (Å²) in [6.45, 7) is 0. The molecule has 2 aromatic carbocycles. The van der Waals surface area contributed by atoms with Crippen LogP contribution in [0.1, 0.15) is 34.5 Å². The molecule has 0 saturated carbocycles. The van der Waals surface area contributed by atoms with E-state index in [1.54, 1.807) is 4.68 Å². The van der Waals surface area contributed by atoms with Crippen LogP contribution in [0.15, 0.2) is 54.6 Å². The largest absolute Gasteiger partial charge is 0.306 e. The molecular weight excluding hydrogens is 344 g/mol. The number of hydrogen-bond acceptors (Lipinski definition) is 4. The summed E-state index contributed by atoms with van der Waals surface area (Å²) in [5.74, 6) is 0.370. The minimum atomic E-state index is -0.484. The lowest BCUT2D eigenvalue weighted by Gasteiger charge is -2.13. The lowest BCUT2D eigenvalue weighted by molar-refractivity contribution is -0.384. The molecule has 1 aliphatic rings. The average molecular weight is 362 g/mol. The molecule has 0 radical (unpaired) electrons. The second kappa shape index (κ2) is 7.03. The number of carbonyl (C=O) groups excluding carboxylic acids is 1. The number of nitrogens with zero attached hydrogens (tertiary/aromatic N) is 3. The molecule has 0 atom stereocenters. The van der Waals surface area contributed by atoms with Gasteiger partial charge in [0, 0.05) is 23.3 Å². The van der Waals surface area contributed by atoms with Gasteiger partial charge in [-0.25, -0.2) is 4.68 Å². The summed E-state index contributed by atoms with van der Waals surface area (Å²) < 4.78 is 1.78. The predicted octanol–water partition coefficient (Wildman–Crippen LogP) is 3.91. The third kappa shape index (κ3) is 3.31. The van der Waals surface area contributed by atoms with Crippen molar-refractivity contribution in [3.63, 3.8) is 0 Å². The van der Waals surface area contributed by atoms with Gasteiger partial charge in [0.2, 0.25) is 0 Å². The topological polar surface area (TPSA) is 90.1 Å². The number of benzene rings is 2. The van der Waals surface area contributed by atoms with Crippen molar-refractivity contribution in [3.8, 4) is 5.69 Å². The van der Waals surface area contributed by atoms with E-state index in [4.69, 9.17) is 5.10 Å². The van der Waals surface area contributed by atoms with E-state index in [-0.39, 0.29) is 11.6 Å². The van der Waals surface area contributed by atoms with Crippen LogP contribution in [0.5, 0.6) is 0 Å². The zero-order chi connectivity index (χ0) is 18.8. The molecule has 1 N–H and O–H groups in total. The number of anilines is 1. The molecule has 0 saturated heterocycles. The second-order valence-corrected chi connectivity index (χ2v) is 6.49. The number of nitro groups is 1. The Hall–Kier alpha value is -3.48. The van der Waals surface area contributed by atoms with Crippen molar-refractivity contribution in [2.75, 3.05) is 5.32 Å². The molecular formula is C20H18N4O3. The number of nitro benzene ring substituents is 1. The molecule has 7 nitrogen and oxygen atoms in total. The monoisotopic (exact) mass is 362 g/mol. The number of non-ortho nitro benzene ring substituents is 1. The van der Waals surface area contributed by atoms with Crippen LogP contribution in [0.4, 0.5) is 11.5 Å². The fraction of sp³-hybridized carbons (Fsp3) is 0.200. The van der Waals surface area contributed by atoms with Crippen molar-refractivity contribution in [2.45, 2.75) is 25.7 Å². The predicted molar refractivity (Wildman–Crippen MR) is 101 cm³/mol. The number of carbonyl (C=O) groups is 1. The van der Waals surface area contributed by atoms with Crippen molar-refractivity contribution in [2.24, 2.45) is 0 Å². The van der Waals surface area contributed by atoms with E-state index in [0.29, 0.717) is 11.4 Å². The lowest BCUT2D eigenvalue weighted by Crippen LogP contribution is -2.16. The van der Waals surface area contributed by atoms with E-state index in [1.165, 1.54) is 24.3 Å². The molecule has 0 bridgehead atoms. The Morgan fingerprint density at radius 3 is 2.44 bits per heavy atom. The molecule has 4 rings (SSSR count). The first-order chi connectivity index (χ1) is 13.1. The van der Waals surface area contributed by atoms with E-state index in [1.807, 2.05) is 30.3 Å². The van der Waals surface area contributed by atoms with Gasteiger partial charge in [-0.1, -0.05) is 18.2 Å². The van der Waals surface area contributed by atoms with Gasteiger partial charge in [-0.2, -0.15) is 5.10 Å². The molecule has 0 aliphatic heterocycles. The summed E-state index contributed by atoms with van der Waals surface area (Å²) in [6.07, 6.45) is 3.93. The lowest BCUT2D eigenvalue weighted by atomic mass is 9.97. The van der Waals surface area contributed by atoms with Crippen LogP contribution in [-0.4, -0.2) is 20.6 Å². The molecule has 0 fully saturated rings. The summed E-state index contributed by atoms with van der Waals surface area (Å²) in [7, 11) is 0. The summed E-state index contributed by atoms with van der Waals surface area (Å²) in [6, 6.07) is 15.3. The smallest absolute Gasteiger partial charge is 0.269 e. The van der Waals surface area contributed by atoms with Crippen molar-refractivity contribution >= 4 is 17.4 Å². The summed E-state index contributed by atoms with van der Waals surface area (Å²) >= 11 is 0. The maximum Gasteiger partial charge on any atom is 0.269 e. The first-order valence-corrected chi connectivity index (χ1v) is 8.85. The minimum Gasteiger partial charge on any atom is -0.306 e. The molecule has 1 amide bonds. The Labute approximate surface area is 155 Å². The molecule has 0 spiro atoms. The first-order valence-electron chi connectivity index (χ1n) is 8.85. The van der Waals surface area contributed by atoms with Gasteiger partial charge >= 0.3 is 0 Å². The highest BCUT2D eigenvalue weighted by molar-refractivity contribution is 6.04. The molecule has 27 heavy (non-hydrogen) atoms. The fourth-order valence-corrected chi connectivity index (χ4v) is 3.35. The van der Waals surface area contributed by atoms with Crippen molar-refractivity contribution < 1.29 is 9.72 Å². The zero-order valence-electron chi connectivity index (χ0n) is 14.6. The number of para-hydroxylation sites is 1. The standard InChI is InChI=1S/C20H18N4O3/c25-20(14-10-12-16(13-11-14)24(26)27)21-19-17-8-4-5-9-18(17)22-23(19)15-6-2-1-3-7-15/h1-3,6-7,10-13H,4-5,8-9H2,(H,21,25). The van der Waals surface area contributed by atoms with Crippen LogP contribution in [-0.2, 0) is 12.8 Å². The van der Waals surface area contributed by atoms with Crippen LogP contribution in [0.25, 0.3) is 5.69 Å². The molecule has 1 aliphatic carbocycles. The van der Waals surface area contributed by atoms with Gasteiger partial charge in [0.15, 0.2) is 0 Å².